The maximum Gasteiger partial charge on any atom is 0.0540 e. The van der Waals surface area contributed by atoms with Gasteiger partial charge >= 0.3 is 0 Å². The molecular weight excluding hydrogens is 1000 g/mol. The first-order chi connectivity index (χ1) is 40.2. The molecule has 0 bridgehead atoms. The Morgan fingerprint density at radius 2 is 0.358 bits per heavy atom. The molecule has 0 atom stereocenters. The maximum atomic E-state index is 2.39. The predicted molar refractivity (Wildman–Crippen MR) is 346 cm³/mol. The maximum absolute atomic E-state index is 2.39. The highest BCUT2D eigenvalue weighted by atomic mass is 32.2. The summed E-state index contributed by atoms with van der Waals surface area (Å²) in [5.74, 6) is 0. The van der Waals surface area contributed by atoms with E-state index in [2.05, 4.69) is 347 Å². The van der Waals surface area contributed by atoms with E-state index >= 15 is 0 Å². The molecule has 0 saturated heterocycles. The third kappa shape index (κ3) is 9.67. The molecule has 14 rings (SSSR count). The van der Waals surface area contributed by atoms with Gasteiger partial charge in [-0.1, -0.05) is 194 Å². The number of rotatable bonds is 14. The lowest BCUT2D eigenvalue weighted by molar-refractivity contribution is 1.26. The van der Waals surface area contributed by atoms with Gasteiger partial charge < -0.3 is 19.6 Å². The third-order valence-electron chi connectivity index (χ3n) is 15.2. The number of hydrogen-bond acceptors (Lipinski definition) is 5. The van der Waals surface area contributed by atoms with E-state index in [-0.39, 0.29) is 0 Å². The van der Waals surface area contributed by atoms with Gasteiger partial charge in [-0.3, -0.25) is 0 Å². The second kappa shape index (κ2) is 21.8. The van der Waals surface area contributed by atoms with Crippen LogP contribution < -0.4 is 19.6 Å². The third-order valence-corrected chi connectivity index (χ3v) is 16.2. The van der Waals surface area contributed by atoms with Gasteiger partial charge in [0.2, 0.25) is 0 Å². The van der Waals surface area contributed by atoms with Gasteiger partial charge in [0.05, 0.1) is 22.7 Å². The first-order valence-electron chi connectivity index (χ1n) is 27.5. The minimum absolute atomic E-state index is 1.07. The van der Waals surface area contributed by atoms with Crippen molar-refractivity contribution in [3.63, 3.8) is 0 Å². The molecule has 81 heavy (non-hydrogen) atoms. The zero-order valence-corrected chi connectivity index (χ0v) is 45.2. The Hall–Kier alpha value is -10.3. The normalized spacial score (nSPS) is 11.3. The van der Waals surface area contributed by atoms with E-state index in [0.29, 0.717) is 0 Å². The molecule has 0 aliphatic carbocycles. The highest BCUT2D eigenvalue weighted by Gasteiger charge is 2.22. The summed E-state index contributed by atoms with van der Waals surface area (Å²) >= 11 is 1.77. The molecule has 0 aromatic heterocycles. The standard InChI is InChI=1S/C76H54N4S/c1-3-27-59(28-4-1)77(73-35-15-23-55-19-7-11-31-69(55)73)61-39-43-63(44-40-61)79(75-37-17-25-57-21-9-13-33-71(57)75)65-47-51-67(52-48-65)81-68-53-49-66(50-54-68)80(76-38-18-26-58-22-10-14-34-72(58)76)64-45-41-62(42-46-64)78(60-29-5-2-6-30-60)74-36-16-24-56-20-8-12-32-70(56)74/h1-54H. The summed E-state index contributed by atoms with van der Waals surface area (Å²) in [4.78, 5) is 11.8. The smallest absolute Gasteiger partial charge is 0.0540 e. The van der Waals surface area contributed by atoms with Crippen LogP contribution in [-0.2, 0) is 0 Å². The molecule has 0 fully saturated rings. The number of hydrogen-bond donors (Lipinski definition) is 0. The monoisotopic (exact) mass is 1050 g/mol. The van der Waals surface area contributed by atoms with Gasteiger partial charge in [0.1, 0.15) is 0 Å². The van der Waals surface area contributed by atoms with Crippen molar-refractivity contribution in [2.75, 3.05) is 19.6 Å². The van der Waals surface area contributed by atoms with Crippen LogP contribution in [0.1, 0.15) is 0 Å². The first kappa shape index (κ1) is 49.0. The van der Waals surface area contributed by atoms with E-state index in [1.807, 2.05) is 0 Å². The fraction of sp³-hybridized carbons (Fsp3) is 0. The van der Waals surface area contributed by atoms with Crippen LogP contribution in [0.4, 0.5) is 68.2 Å². The molecule has 0 amide bonds. The van der Waals surface area contributed by atoms with Crippen LogP contribution in [0.3, 0.4) is 0 Å². The molecular formula is C76H54N4S. The topological polar surface area (TPSA) is 13.0 Å². The van der Waals surface area contributed by atoms with Crippen molar-refractivity contribution in [2.45, 2.75) is 9.79 Å². The Kier molecular flexibility index (Phi) is 13.2. The highest BCUT2D eigenvalue weighted by molar-refractivity contribution is 7.99. The predicted octanol–water partition coefficient (Wildman–Crippen LogP) is 22.3. The van der Waals surface area contributed by atoms with Gasteiger partial charge in [-0.25, -0.2) is 0 Å². The van der Waals surface area contributed by atoms with Gasteiger partial charge in [-0.05, 0) is 167 Å². The van der Waals surface area contributed by atoms with Crippen molar-refractivity contribution in [3.05, 3.63) is 328 Å². The van der Waals surface area contributed by atoms with E-state index in [9.17, 15) is 0 Å². The molecule has 4 nitrogen and oxygen atoms in total. The summed E-state index contributed by atoms with van der Waals surface area (Å²) in [5.41, 5.74) is 13.2. The Bertz CT molecular complexity index is 4180. The Labute approximate surface area is 477 Å². The van der Waals surface area contributed by atoms with E-state index in [1.54, 1.807) is 11.8 Å². The minimum atomic E-state index is 1.07. The van der Waals surface area contributed by atoms with E-state index in [0.717, 1.165) is 78.0 Å². The highest BCUT2D eigenvalue weighted by Crippen LogP contribution is 2.46. The van der Waals surface area contributed by atoms with Crippen molar-refractivity contribution in [1.29, 1.82) is 0 Å². The molecule has 0 aliphatic heterocycles. The molecule has 0 radical (unpaired) electrons. The lowest BCUT2D eigenvalue weighted by atomic mass is 10.1. The largest absolute Gasteiger partial charge is 0.310 e. The second-order valence-corrected chi connectivity index (χ2v) is 21.3. The fourth-order valence-electron chi connectivity index (χ4n) is 11.4. The Morgan fingerprint density at radius 3 is 0.617 bits per heavy atom. The van der Waals surface area contributed by atoms with E-state index in [4.69, 9.17) is 0 Å². The molecule has 0 aliphatic rings. The van der Waals surface area contributed by atoms with Gasteiger partial charge in [0, 0.05) is 76.8 Å². The van der Waals surface area contributed by atoms with Crippen molar-refractivity contribution in [1.82, 2.24) is 0 Å². The van der Waals surface area contributed by atoms with Gasteiger partial charge in [-0.15, -0.1) is 0 Å². The van der Waals surface area contributed by atoms with Crippen molar-refractivity contribution >= 4 is 123 Å². The molecule has 0 heterocycles. The zero-order valence-electron chi connectivity index (χ0n) is 44.4. The SMILES string of the molecule is c1ccc(N(c2ccc(N(c3ccc(Sc4ccc(N(c5ccc(N(c6ccccc6)c6cccc7ccccc67)cc5)c5cccc6ccccc56)cc4)cc3)c3cccc4ccccc34)cc2)c2cccc3ccccc23)cc1. The second-order valence-electron chi connectivity index (χ2n) is 20.1. The Balaban J connectivity index is 0.784. The number of benzene rings is 14. The lowest BCUT2D eigenvalue weighted by Crippen LogP contribution is -2.12. The molecule has 14 aromatic rings. The van der Waals surface area contributed by atoms with Crippen LogP contribution in [0.2, 0.25) is 0 Å². The van der Waals surface area contributed by atoms with E-state index in [1.165, 1.54) is 43.1 Å². The average molecular weight is 1060 g/mol. The number of anilines is 12. The summed E-state index contributed by atoms with van der Waals surface area (Å²) in [7, 11) is 0. The van der Waals surface area contributed by atoms with Crippen molar-refractivity contribution in [2.24, 2.45) is 0 Å². The number of nitrogens with zero attached hydrogens (tertiary/aromatic N) is 4. The first-order valence-corrected chi connectivity index (χ1v) is 28.3. The fourth-order valence-corrected chi connectivity index (χ4v) is 12.3. The van der Waals surface area contributed by atoms with Crippen LogP contribution in [-0.4, -0.2) is 0 Å². The van der Waals surface area contributed by atoms with Crippen LogP contribution in [0.5, 0.6) is 0 Å². The molecule has 5 heteroatoms. The van der Waals surface area contributed by atoms with Gasteiger partial charge in [0.15, 0.2) is 0 Å². The van der Waals surface area contributed by atoms with Crippen LogP contribution in [0, 0.1) is 0 Å². The van der Waals surface area contributed by atoms with Crippen LogP contribution in [0.15, 0.2) is 337 Å². The zero-order chi connectivity index (χ0) is 53.9. The summed E-state index contributed by atoms with van der Waals surface area (Å²) < 4.78 is 0. The van der Waals surface area contributed by atoms with Crippen LogP contribution in [0.25, 0.3) is 43.1 Å². The lowest BCUT2D eigenvalue weighted by Gasteiger charge is -2.29. The van der Waals surface area contributed by atoms with Gasteiger partial charge in [0.25, 0.3) is 0 Å². The molecule has 0 saturated carbocycles. The quantitative estimate of drug-likeness (QED) is 0.107. The summed E-state index contributed by atoms with van der Waals surface area (Å²) in [6.07, 6.45) is 0. The van der Waals surface area contributed by atoms with Gasteiger partial charge in [-0.2, -0.15) is 0 Å². The molecule has 14 aromatic carbocycles. The van der Waals surface area contributed by atoms with Crippen molar-refractivity contribution < 1.29 is 0 Å². The Morgan fingerprint density at radius 1 is 0.160 bits per heavy atom. The number of fused-ring (bicyclic) bond motifs is 4. The number of para-hydroxylation sites is 2. The molecule has 0 N–H and O–H groups in total. The summed E-state index contributed by atoms with van der Waals surface area (Å²) in [6, 6.07) is 118. The van der Waals surface area contributed by atoms with Crippen molar-refractivity contribution in [3.8, 4) is 0 Å². The average Bonchev–Trinajstić information content (AvgIpc) is 3.54. The minimum Gasteiger partial charge on any atom is -0.310 e. The van der Waals surface area contributed by atoms with E-state index < -0.39 is 0 Å². The summed E-state index contributed by atoms with van der Waals surface area (Å²) in [5, 5.41) is 9.59. The summed E-state index contributed by atoms with van der Waals surface area (Å²) in [6.45, 7) is 0. The molecule has 0 unspecified atom stereocenters. The molecule has 0 spiro atoms. The van der Waals surface area contributed by atoms with Crippen LogP contribution >= 0.6 is 11.8 Å². The molecule has 384 valence electrons.